The molecule has 1 unspecified atom stereocenters. The highest BCUT2D eigenvalue weighted by molar-refractivity contribution is 5.75. The van der Waals surface area contributed by atoms with Crippen molar-refractivity contribution in [2.24, 2.45) is 17.1 Å². The zero-order valence-electron chi connectivity index (χ0n) is 10.7. The molecule has 1 heterocycles. The average molecular weight is 254 g/mol. The number of carboxylic acids is 1. The first-order valence-electron chi connectivity index (χ1n) is 5.92. The van der Waals surface area contributed by atoms with Gasteiger partial charge in [0.2, 0.25) is 0 Å². The van der Waals surface area contributed by atoms with Crippen LogP contribution in [0.15, 0.2) is 18.5 Å². The molecule has 1 atom stereocenters. The Balaban J connectivity index is 3.00. The molecule has 1 rings (SSSR count). The highest BCUT2D eigenvalue weighted by Crippen LogP contribution is 2.30. The molecule has 0 radical (unpaired) electrons. The lowest BCUT2D eigenvalue weighted by Crippen LogP contribution is -2.41. The van der Waals surface area contributed by atoms with Gasteiger partial charge in [-0.25, -0.2) is 4.39 Å². The van der Waals surface area contributed by atoms with Crippen LogP contribution < -0.4 is 5.73 Å². The SMILES string of the molecule is CC(C)CC(CN)(Cc1cncc(F)c1)C(=O)O. The molecule has 0 saturated carbocycles. The summed E-state index contributed by atoms with van der Waals surface area (Å²) in [6, 6.07) is 1.31. The Morgan fingerprint density at radius 1 is 1.56 bits per heavy atom. The van der Waals surface area contributed by atoms with Crippen molar-refractivity contribution < 1.29 is 14.3 Å². The normalized spacial score (nSPS) is 14.5. The van der Waals surface area contributed by atoms with Crippen LogP contribution in [-0.4, -0.2) is 22.6 Å². The lowest BCUT2D eigenvalue weighted by Gasteiger charge is -2.29. The van der Waals surface area contributed by atoms with E-state index in [-0.39, 0.29) is 18.9 Å². The van der Waals surface area contributed by atoms with Gasteiger partial charge in [-0.15, -0.1) is 0 Å². The zero-order valence-corrected chi connectivity index (χ0v) is 10.7. The van der Waals surface area contributed by atoms with Crippen molar-refractivity contribution in [3.8, 4) is 0 Å². The third kappa shape index (κ3) is 3.50. The fourth-order valence-corrected chi connectivity index (χ4v) is 2.20. The second kappa shape index (κ2) is 5.91. The molecule has 0 aromatic carbocycles. The van der Waals surface area contributed by atoms with Crippen molar-refractivity contribution in [2.45, 2.75) is 26.7 Å². The van der Waals surface area contributed by atoms with Gasteiger partial charge in [0.05, 0.1) is 11.6 Å². The van der Waals surface area contributed by atoms with E-state index in [1.165, 1.54) is 12.3 Å². The molecular weight excluding hydrogens is 235 g/mol. The van der Waals surface area contributed by atoms with Crippen LogP contribution >= 0.6 is 0 Å². The topological polar surface area (TPSA) is 76.2 Å². The van der Waals surface area contributed by atoms with Crippen molar-refractivity contribution in [3.05, 3.63) is 29.8 Å². The van der Waals surface area contributed by atoms with E-state index in [1.54, 1.807) is 0 Å². The van der Waals surface area contributed by atoms with Gasteiger partial charge in [0.1, 0.15) is 5.82 Å². The van der Waals surface area contributed by atoms with Crippen LogP contribution in [0, 0.1) is 17.2 Å². The van der Waals surface area contributed by atoms with Crippen LogP contribution in [0.4, 0.5) is 4.39 Å². The summed E-state index contributed by atoms with van der Waals surface area (Å²) >= 11 is 0. The third-order valence-electron chi connectivity index (χ3n) is 2.95. The number of nitrogens with zero attached hydrogens (tertiary/aromatic N) is 1. The molecular formula is C13H19FN2O2. The molecule has 1 aromatic rings. The van der Waals surface area contributed by atoms with Crippen molar-refractivity contribution in [2.75, 3.05) is 6.54 Å². The number of nitrogens with two attached hydrogens (primary N) is 1. The number of halogens is 1. The largest absolute Gasteiger partial charge is 0.481 e. The third-order valence-corrected chi connectivity index (χ3v) is 2.95. The number of carboxylic acid groups (broad SMARTS) is 1. The summed E-state index contributed by atoms with van der Waals surface area (Å²) in [4.78, 5) is 15.2. The first kappa shape index (κ1) is 14.6. The van der Waals surface area contributed by atoms with E-state index >= 15 is 0 Å². The molecule has 0 saturated heterocycles. The molecule has 3 N–H and O–H groups in total. The van der Waals surface area contributed by atoms with E-state index in [4.69, 9.17) is 5.73 Å². The molecule has 0 fully saturated rings. The molecule has 100 valence electrons. The smallest absolute Gasteiger partial charge is 0.311 e. The van der Waals surface area contributed by atoms with Crippen molar-refractivity contribution in [1.82, 2.24) is 4.98 Å². The summed E-state index contributed by atoms with van der Waals surface area (Å²) in [5.74, 6) is -1.21. The van der Waals surface area contributed by atoms with E-state index < -0.39 is 17.2 Å². The number of hydrogen-bond donors (Lipinski definition) is 2. The lowest BCUT2D eigenvalue weighted by molar-refractivity contribution is -0.149. The Kier molecular flexibility index (Phi) is 4.78. The first-order valence-corrected chi connectivity index (χ1v) is 5.92. The van der Waals surface area contributed by atoms with Gasteiger partial charge >= 0.3 is 5.97 Å². The van der Waals surface area contributed by atoms with Crippen LogP contribution in [0.5, 0.6) is 0 Å². The molecule has 5 heteroatoms. The first-order chi connectivity index (χ1) is 8.39. The van der Waals surface area contributed by atoms with Gasteiger partial charge in [0.25, 0.3) is 0 Å². The standard InChI is InChI=1S/C13H19FN2O2/c1-9(2)4-13(8-15,12(17)18)5-10-3-11(14)7-16-6-10/h3,6-7,9H,4-5,8,15H2,1-2H3,(H,17,18). The van der Waals surface area contributed by atoms with Crippen LogP contribution in [0.1, 0.15) is 25.8 Å². The molecule has 0 aliphatic rings. The summed E-state index contributed by atoms with van der Waals surface area (Å²) in [6.45, 7) is 3.91. The van der Waals surface area contributed by atoms with Crippen LogP contribution in [0.2, 0.25) is 0 Å². The van der Waals surface area contributed by atoms with Gasteiger partial charge in [-0.05, 0) is 30.4 Å². The second-order valence-corrected chi connectivity index (χ2v) is 5.08. The fourth-order valence-electron chi connectivity index (χ4n) is 2.20. The Bertz CT molecular complexity index is 423. The highest BCUT2D eigenvalue weighted by Gasteiger charge is 2.38. The monoisotopic (exact) mass is 254 g/mol. The zero-order chi connectivity index (χ0) is 13.8. The van der Waals surface area contributed by atoms with E-state index in [1.807, 2.05) is 13.8 Å². The molecule has 0 aliphatic heterocycles. The minimum atomic E-state index is -1.05. The number of carbonyl (C=O) groups is 1. The van der Waals surface area contributed by atoms with E-state index in [0.717, 1.165) is 6.20 Å². The molecule has 0 spiro atoms. The van der Waals surface area contributed by atoms with Gasteiger partial charge in [0, 0.05) is 12.7 Å². The second-order valence-electron chi connectivity index (χ2n) is 5.08. The molecule has 0 bridgehead atoms. The number of aliphatic carboxylic acids is 1. The van der Waals surface area contributed by atoms with Gasteiger partial charge in [-0.1, -0.05) is 13.8 Å². The summed E-state index contributed by atoms with van der Waals surface area (Å²) in [7, 11) is 0. The average Bonchev–Trinajstić information content (AvgIpc) is 2.27. The van der Waals surface area contributed by atoms with Gasteiger partial charge in [-0.2, -0.15) is 0 Å². The summed E-state index contributed by atoms with van der Waals surface area (Å²) < 4.78 is 13.1. The Labute approximate surface area is 106 Å². The number of pyridine rings is 1. The fraction of sp³-hybridized carbons (Fsp3) is 0.538. The van der Waals surface area contributed by atoms with Crippen molar-refractivity contribution >= 4 is 5.97 Å². The number of hydrogen-bond acceptors (Lipinski definition) is 3. The molecule has 4 nitrogen and oxygen atoms in total. The van der Waals surface area contributed by atoms with E-state index in [9.17, 15) is 14.3 Å². The van der Waals surface area contributed by atoms with E-state index in [0.29, 0.717) is 12.0 Å². The molecule has 0 aliphatic carbocycles. The van der Waals surface area contributed by atoms with Crippen LogP contribution in [0.3, 0.4) is 0 Å². The summed E-state index contributed by atoms with van der Waals surface area (Å²) in [5, 5.41) is 9.41. The Morgan fingerprint density at radius 3 is 2.67 bits per heavy atom. The quantitative estimate of drug-likeness (QED) is 0.812. The minimum Gasteiger partial charge on any atom is -0.481 e. The predicted molar refractivity (Wildman–Crippen MR) is 66.5 cm³/mol. The van der Waals surface area contributed by atoms with Crippen molar-refractivity contribution in [3.63, 3.8) is 0 Å². The predicted octanol–water partition coefficient (Wildman–Crippen LogP) is 1.84. The maximum Gasteiger partial charge on any atom is 0.311 e. The van der Waals surface area contributed by atoms with Gasteiger partial charge < -0.3 is 10.8 Å². The lowest BCUT2D eigenvalue weighted by atomic mass is 9.75. The van der Waals surface area contributed by atoms with E-state index in [2.05, 4.69) is 4.98 Å². The van der Waals surface area contributed by atoms with Gasteiger partial charge in [-0.3, -0.25) is 9.78 Å². The van der Waals surface area contributed by atoms with Gasteiger partial charge in [0.15, 0.2) is 0 Å². The van der Waals surface area contributed by atoms with Crippen LogP contribution in [-0.2, 0) is 11.2 Å². The molecule has 0 amide bonds. The Morgan fingerprint density at radius 2 is 2.22 bits per heavy atom. The maximum absolute atomic E-state index is 13.1. The molecule has 18 heavy (non-hydrogen) atoms. The Hall–Kier alpha value is -1.49. The number of aromatic nitrogens is 1. The minimum absolute atomic E-state index is 0.0248. The van der Waals surface area contributed by atoms with Crippen LogP contribution in [0.25, 0.3) is 0 Å². The number of rotatable bonds is 6. The highest BCUT2D eigenvalue weighted by atomic mass is 19.1. The summed E-state index contributed by atoms with van der Waals surface area (Å²) in [6.07, 6.45) is 3.23. The van der Waals surface area contributed by atoms with Crippen molar-refractivity contribution in [1.29, 1.82) is 0 Å². The summed E-state index contributed by atoms with van der Waals surface area (Å²) in [5.41, 5.74) is 5.15. The maximum atomic E-state index is 13.1. The molecule has 1 aromatic heterocycles.